The van der Waals surface area contributed by atoms with Crippen molar-refractivity contribution in [1.82, 2.24) is 24.8 Å². The molecule has 0 bridgehead atoms. The van der Waals surface area contributed by atoms with E-state index in [1.807, 2.05) is 30.2 Å². The second kappa shape index (κ2) is 7.10. The standard InChI is InChI=1S/C18H26N6O3S/c1-18(2)26-13-11(7-28-10-3-5-20-6-4-10)25-17(14(13)27-18)24-9-23-12-15(19)21-8-22-16(12)24/h8-11,13-14,17,20H,3-7H2,1-2H3,(H2,19,21,22)/t11-,13+,14?,17-/m1/s1. The number of aromatic nitrogens is 4. The fraction of sp³-hybridized carbons (Fsp3) is 0.722. The first-order chi connectivity index (χ1) is 13.5. The van der Waals surface area contributed by atoms with Crippen molar-refractivity contribution < 1.29 is 14.2 Å². The zero-order chi connectivity index (χ0) is 19.3. The van der Waals surface area contributed by atoms with Gasteiger partial charge in [0.1, 0.15) is 24.1 Å². The van der Waals surface area contributed by atoms with Gasteiger partial charge < -0.3 is 25.3 Å². The van der Waals surface area contributed by atoms with Crippen LogP contribution in [0.15, 0.2) is 12.7 Å². The third kappa shape index (κ3) is 3.26. The molecule has 1 unspecified atom stereocenters. The molecule has 10 heteroatoms. The Bertz CT molecular complexity index is 855. The predicted molar refractivity (Wildman–Crippen MR) is 106 cm³/mol. The summed E-state index contributed by atoms with van der Waals surface area (Å²) >= 11 is 1.98. The fourth-order valence-electron chi connectivity index (χ4n) is 4.27. The summed E-state index contributed by atoms with van der Waals surface area (Å²) in [5.74, 6) is 0.602. The summed E-state index contributed by atoms with van der Waals surface area (Å²) in [5.41, 5.74) is 7.17. The Labute approximate surface area is 167 Å². The van der Waals surface area contributed by atoms with Crippen molar-refractivity contribution in [3.05, 3.63) is 12.7 Å². The van der Waals surface area contributed by atoms with Gasteiger partial charge in [0.15, 0.2) is 23.5 Å². The van der Waals surface area contributed by atoms with Crippen molar-refractivity contribution in [1.29, 1.82) is 0 Å². The summed E-state index contributed by atoms with van der Waals surface area (Å²) in [6.45, 7) is 6.08. The van der Waals surface area contributed by atoms with E-state index in [9.17, 15) is 0 Å². The zero-order valence-electron chi connectivity index (χ0n) is 16.1. The SMILES string of the molecule is CC1(C)OC2[C@@H](O1)[C@@H](CSC1CCNCC1)O[C@H]2n1cnc2c(N)ncnc21. The average molecular weight is 407 g/mol. The summed E-state index contributed by atoms with van der Waals surface area (Å²) in [6.07, 6.45) is 4.79. The Morgan fingerprint density at radius 2 is 2.00 bits per heavy atom. The highest BCUT2D eigenvalue weighted by Crippen LogP contribution is 2.45. The van der Waals surface area contributed by atoms with Gasteiger partial charge in [-0.1, -0.05) is 0 Å². The molecule has 0 aliphatic carbocycles. The first kappa shape index (κ1) is 18.6. The molecule has 0 spiro atoms. The molecule has 3 aliphatic heterocycles. The maximum atomic E-state index is 6.44. The molecule has 0 aromatic carbocycles. The third-order valence-electron chi connectivity index (χ3n) is 5.57. The molecule has 3 fully saturated rings. The van der Waals surface area contributed by atoms with Gasteiger partial charge in [-0.15, -0.1) is 0 Å². The number of nitrogens with one attached hydrogen (secondary N) is 1. The molecule has 0 radical (unpaired) electrons. The van der Waals surface area contributed by atoms with Crippen LogP contribution in [-0.2, 0) is 14.2 Å². The van der Waals surface area contributed by atoms with Gasteiger partial charge in [0, 0.05) is 11.0 Å². The van der Waals surface area contributed by atoms with Crippen LogP contribution in [0.5, 0.6) is 0 Å². The second-order valence-corrected chi connectivity index (χ2v) is 9.33. The largest absolute Gasteiger partial charge is 0.382 e. The maximum absolute atomic E-state index is 6.44. The van der Waals surface area contributed by atoms with Gasteiger partial charge in [-0.3, -0.25) is 4.57 Å². The van der Waals surface area contributed by atoms with Crippen molar-refractivity contribution in [3.63, 3.8) is 0 Å². The number of nitrogens with two attached hydrogens (primary N) is 1. The van der Waals surface area contributed by atoms with Crippen LogP contribution in [0.25, 0.3) is 11.2 Å². The molecule has 3 N–H and O–H groups in total. The third-order valence-corrected chi connectivity index (χ3v) is 7.03. The predicted octanol–water partition coefficient (Wildman–Crippen LogP) is 1.31. The van der Waals surface area contributed by atoms with Crippen LogP contribution in [0.2, 0.25) is 0 Å². The maximum Gasteiger partial charge on any atom is 0.167 e. The lowest BCUT2D eigenvalue weighted by Gasteiger charge is -2.26. The Kier molecular flexibility index (Phi) is 4.71. The summed E-state index contributed by atoms with van der Waals surface area (Å²) in [5, 5.41) is 4.08. The first-order valence-corrected chi connectivity index (χ1v) is 10.8. The van der Waals surface area contributed by atoms with E-state index in [1.54, 1.807) is 6.33 Å². The van der Waals surface area contributed by atoms with Crippen molar-refractivity contribution in [2.75, 3.05) is 24.6 Å². The normalized spacial score (nSPS) is 32.8. The van der Waals surface area contributed by atoms with E-state index < -0.39 is 5.79 Å². The Morgan fingerprint density at radius 1 is 1.21 bits per heavy atom. The molecular formula is C18H26N6O3S. The molecule has 0 amide bonds. The highest BCUT2D eigenvalue weighted by Gasteiger charge is 2.56. The van der Waals surface area contributed by atoms with Crippen LogP contribution in [-0.4, -0.2) is 67.7 Å². The molecule has 5 heterocycles. The minimum absolute atomic E-state index is 0.0479. The van der Waals surface area contributed by atoms with Crippen LogP contribution < -0.4 is 11.1 Å². The van der Waals surface area contributed by atoms with Gasteiger partial charge in [-0.2, -0.15) is 11.8 Å². The quantitative estimate of drug-likeness (QED) is 0.776. The van der Waals surface area contributed by atoms with Gasteiger partial charge in [0.25, 0.3) is 0 Å². The van der Waals surface area contributed by atoms with E-state index >= 15 is 0 Å². The molecule has 4 atom stereocenters. The number of fused-ring (bicyclic) bond motifs is 2. The minimum Gasteiger partial charge on any atom is -0.382 e. The molecule has 2 aromatic heterocycles. The Hall–Kier alpha value is -1.46. The smallest absolute Gasteiger partial charge is 0.167 e. The van der Waals surface area contributed by atoms with Gasteiger partial charge in [0.2, 0.25) is 0 Å². The number of ether oxygens (including phenoxy) is 3. The van der Waals surface area contributed by atoms with Crippen molar-refractivity contribution in [2.24, 2.45) is 0 Å². The van der Waals surface area contributed by atoms with Gasteiger partial charge in [-0.25, -0.2) is 15.0 Å². The molecular weight excluding hydrogens is 380 g/mol. The van der Waals surface area contributed by atoms with E-state index in [2.05, 4.69) is 20.3 Å². The number of hydrogen-bond acceptors (Lipinski definition) is 9. The molecule has 28 heavy (non-hydrogen) atoms. The Morgan fingerprint density at radius 3 is 2.82 bits per heavy atom. The topological polar surface area (TPSA) is 109 Å². The lowest BCUT2D eigenvalue weighted by atomic mass is 10.1. The van der Waals surface area contributed by atoms with Gasteiger partial charge >= 0.3 is 0 Å². The number of nitrogen functional groups attached to an aromatic ring is 1. The Balaban J connectivity index is 1.39. The molecule has 152 valence electrons. The van der Waals surface area contributed by atoms with E-state index in [1.165, 1.54) is 19.2 Å². The molecule has 3 saturated heterocycles. The highest BCUT2D eigenvalue weighted by atomic mass is 32.2. The van der Waals surface area contributed by atoms with Crippen molar-refractivity contribution >= 4 is 28.7 Å². The minimum atomic E-state index is -0.639. The van der Waals surface area contributed by atoms with E-state index in [0.29, 0.717) is 22.2 Å². The highest BCUT2D eigenvalue weighted by molar-refractivity contribution is 7.99. The van der Waals surface area contributed by atoms with Crippen LogP contribution in [0.1, 0.15) is 32.9 Å². The number of imidazole rings is 1. The lowest BCUT2D eigenvalue weighted by Crippen LogP contribution is -2.33. The van der Waals surface area contributed by atoms with Crippen molar-refractivity contribution in [3.8, 4) is 0 Å². The van der Waals surface area contributed by atoms with E-state index in [4.69, 9.17) is 19.9 Å². The van der Waals surface area contributed by atoms with Crippen molar-refractivity contribution in [2.45, 2.75) is 62.3 Å². The molecule has 0 saturated carbocycles. The first-order valence-electron chi connectivity index (χ1n) is 9.78. The van der Waals surface area contributed by atoms with Crippen LogP contribution in [0.3, 0.4) is 0 Å². The fourth-order valence-corrected chi connectivity index (χ4v) is 5.57. The number of piperidine rings is 1. The average Bonchev–Trinajstić information content (AvgIpc) is 3.33. The summed E-state index contributed by atoms with van der Waals surface area (Å²) in [4.78, 5) is 12.8. The monoisotopic (exact) mass is 406 g/mol. The summed E-state index contributed by atoms with van der Waals surface area (Å²) in [6, 6.07) is 0. The van der Waals surface area contributed by atoms with Gasteiger partial charge in [-0.05, 0) is 39.8 Å². The van der Waals surface area contributed by atoms with E-state index in [-0.39, 0.29) is 24.5 Å². The number of anilines is 1. The summed E-state index contributed by atoms with van der Waals surface area (Å²) in [7, 11) is 0. The number of hydrogen-bond donors (Lipinski definition) is 2. The molecule has 2 aromatic rings. The lowest BCUT2D eigenvalue weighted by molar-refractivity contribution is -0.193. The van der Waals surface area contributed by atoms with Crippen LogP contribution in [0, 0.1) is 0 Å². The van der Waals surface area contributed by atoms with Crippen LogP contribution in [0.4, 0.5) is 5.82 Å². The van der Waals surface area contributed by atoms with Gasteiger partial charge in [0.05, 0.1) is 12.4 Å². The second-order valence-electron chi connectivity index (χ2n) is 8.00. The molecule has 3 aliphatic rings. The number of rotatable bonds is 4. The van der Waals surface area contributed by atoms with E-state index in [0.717, 1.165) is 18.8 Å². The zero-order valence-corrected chi connectivity index (χ0v) is 16.9. The molecule has 5 rings (SSSR count). The number of thioether (sulfide) groups is 1. The van der Waals surface area contributed by atoms with Crippen LogP contribution >= 0.6 is 11.8 Å². The summed E-state index contributed by atoms with van der Waals surface area (Å²) < 4.78 is 20.8. The number of nitrogens with zero attached hydrogens (tertiary/aromatic N) is 4. The molecule has 9 nitrogen and oxygen atoms in total.